The van der Waals surface area contributed by atoms with Crippen LogP contribution in [-0.2, 0) is 19.1 Å². The fourth-order valence-electron chi connectivity index (χ4n) is 9.01. The van der Waals surface area contributed by atoms with Crippen molar-refractivity contribution in [3.8, 4) is 11.3 Å². The summed E-state index contributed by atoms with van der Waals surface area (Å²) in [4.78, 5) is 92.7. The Morgan fingerprint density at radius 3 is 2.36 bits per heavy atom. The Kier molecular flexibility index (Phi) is 11.7. The van der Waals surface area contributed by atoms with Crippen molar-refractivity contribution < 1.29 is 37.9 Å². The number of hydrogen-bond acceptors (Lipinski definition) is 13. The lowest BCUT2D eigenvalue weighted by atomic mass is 9.93. The molecule has 17 nitrogen and oxygen atoms in total. The standard InChI is InChI=1S/C46H45FN10O7/c47-30-9-11-31(12-10-30)51-43(60)40(28-5-2-1-3-6-28)64-46(63)39-41(48)49-24-34(52-39)29-23-50-56(26-29)32-17-19-54(20-18-32)25-27-15-21-55(22-16-27)35-8-4-7-33-38(35)45(62)57(44(33)61)36-13-14-37(58)53-42(36)59/h1-12,23-24,26-27,32,36,40H,13-22,25H2,(H2,48,49)(H,51,60)(H,53,58,59)/t36?,40-/m1/s1. The molecule has 5 aromatic rings. The number of ether oxygens (including phenoxy) is 1. The van der Waals surface area contributed by atoms with Crippen LogP contribution in [0.2, 0.25) is 0 Å². The molecule has 18 heteroatoms. The highest BCUT2D eigenvalue weighted by Crippen LogP contribution is 2.36. The molecule has 0 aliphatic carbocycles. The molecule has 0 bridgehead atoms. The molecule has 328 valence electrons. The Morgan fingerprint density at radius 1 is 0.875 bits per heavy atom. The zero-order valence-corrected chi connectivity index (χ0v) is 34.7. The molecule has 4 aliphatic heterocycles. The third-order valence-electron chi connectivity index (χ3n) is 12.4. The predicted octanol–water partition coefficient (Wildman–Crippen LogP) is 4.55. The van der Waals surface area contributed by atoms with Gasteiger partial charge in [0.2, 0.25) is 17.9 Å². The third kappa shape index (κ3) is 8.55. The number of fused-ring (bicyclic) bond motifs is 1. The van der Waals surface area contributed by atoms with Gasteiger partial charge >= 0.3 is 5.97 Å². The van der Waals surface area contributed by atoms with E-state index in [1.54, 1.807) is 48.7 Å². The minimum Gasteiger partial charge on any atom is -0.442 e. The molecule has 4 aliphatic rings. The van der Waals surface area contributed by atoms with E-state index >= 15 is 0 Å². The summed E-state index contributed by atoms with van der Waals surface area (Å²) in [6.45, 7) is 4.16. The first-order valence-corrected chi connectivity index (χ1v) is 21.3. The Balaban J connectivity index is 0.787. The van der Waals surface area contributed by atoms with Crippen molar-refractivity contribution in [2.75, 3.05) is 48.7 Å². The van der Waals surface area contributed by atoms with E-state index in [1.165, 1.54) is 30.5 Å². The molecule has 64 heavy (non-hydrogen) atoms. The summed E-state index contributed by atoms with van der Waals surface area (Å²) in [5.74, 6) is -3.81. The number of piperidine rings is 3. The first-order valence-electron chi connectivity index (χ1n) is 21.3. The minimum absolute atomic E-state index is 0.0693. The van der Waals surface area contributed by atoms with E-state index in [4.69, 9.17) is 10.5 Å². The number of benzene rings is 3. The number of nitrogens with two attached hydrogens (primary N) is 1. The van der Waals surface area contributed by atoms with E-state index in [0.717, 1.165) is 63.3 Å². The number of anilines is 3. The summed E-state index contributed by atoms with van der Waals surface area (Å²) in [6, 6.07) is 18.1. The van der Waals surface area contributed by atoms with Gasteiger partial charge in [-0.25, -0.2) is 19.2 Å². The van der Waals surface area contributed by atoms with Crippen molar-refractivity contribution >= 4 is 52.7 Å². The second-order valence-corrected chi connectivity index (χ2v) is 16.5. The average molecular weight is 869 g/mol. The number of aromatic nitrogens is 4. The lowest BCUT2D eigenvalue weighted by molar-refractivity contribution is -0.136. The number of hydrogen-bond donors (Lipinski definition) is 3. The second kappa shape index (κ2) is 17.8. The van der Waals surface area contributed by atoms with Crippen molar-refractivity contribution in [1.29, 1.82) is 0 Å². The van der Waals surface area contributed by atoms with Crippen LogP contribution in [0.15, 0.2) is 91.4 Å². The zero-order valence-electron chi connectivity index (χ0n) is 34.7. The van der Waals surface area contributed by atoms with Crippen LogP contribution < -0.4 is 21.3 Å². The zero-order chi connectivity index (χ0) is 44.5. The van der Waals surface area contributed by atoms with E-state index in [9.17, 15) is 33.2 Å². The average Bonchev–Trinajstić information content (AvgIpc) is 3.90. The SMILES string of the molecule is Nc1ncc(-c2cnn(C3CCN(CC4CCN(c5cccc6c5C(=O)N(C5CCC(=O)NC5=O)C6=O)CC4)CC3)c2)nc1C(=O)O[C@@H](C(=O)Nc1ccc(F)cc1)c1ccccc1. The molecule has 5 amide bonds. The van der Waals surface area contributed by atoms with Gasteiger partial charge in [-0.15, -0.1) is 0 Å². The Bertz CT molecular complexity index is 2620. The lowest BCUT2D eigenvalue weighted by Crippen LogP contribution is -2.54. The number of carbonyl (C=O) groups is 6. The number of likely N-dealkylation sites (tertiary alicyclic amines) is 1. The van der Waals surface area contributed by atoms with Gasteiger partial charge in [0.1, 0.15) is 11.9 Å². The van der Waals surface area contributed by atoms with Gasteiger partial charge in [0.15, 0.2) is 11.5 Å². The van der Waals surface area contributed by atoms with Crippen LogP contribution in [0.1, 0.15) is 87.4 Å². The molecule has 2 aromatic heterocycles. The van der Waals surface area contributed by atoms with Crippen LogP contribution >= 0.6 is 0 Å². The summed E-state index contributed by atoms with van der Waals surface area (Å²) < 4.78 is 21.1. The van der Waals surface area contributed by atoms with Crippen LogP contribution in [0.25, 0.3) is 11.3 Å². The molecule has 1 unspecified atom stereocenters. The van der Waals surface area contributed by atoms with Gasteiger partial charge in [-0.05, 0) is 74.4 Å². The van der Waals surface area contributed by atoms with E-state index in [1.807, 2.05) is 16.9 Å². The maximum Gasteiger partial charge on any atom is 0.361 e. The monoisotopic (exact) mass is 868 g/mol. The molecule has 3 saturated heterocycles. The molecule has 9 rings (SSSR count). The quantitative estimate of drug-likeness (QED) is 0.123. The molecule has 3 aromatic carbocycles. The number of amides is 5. The molecule has 0 saturated carbocycles. The summed E-state index contributed by atoms with van der Waals surface area (Å²) >= 11 is 0. The molecule has 2 atom stereocenters. The fraction of sp³-hybridized carbons (Fsp3) is 0.326. The van der Waals surface area contributed by atoms with Crippen molar-refractivity contribution in [2.45, 2.75) is 56.7 Å². The molecule has 3 fully saturated rings. The van der Waals surface area contributed by atoms with E-state index in [2.05, 4.69) is 35.5 Å². The van der Waals surface area contributed by atoms with Crippen molar-refractivity contribution in [2.24, 2.45) is 5.92 Å². The van der Waals surface area contributed by atoms with Gasteiger partial charge in [0.05, 0.1) is 40.9 Å². The highest BCUT2D eigenvalue weighted by molar-refractivity contribution is 6.25. The number of nitrogen functional groups attached to an aromatic ring is 1. The topological polar surface area (TPSA) is 215 Å². The Morgan fingerprint density at radius 2 is 1.62 bits per heavy atom. The van der Waals surface area contributed by atoms with Gasteiger partial charge in [0, 0.05) is 62.2 Å². The van der Waals surface area contributed by atoms with E-state index in [-0.39, 0.29) is 36.0 Å². The number of halogens is 1. The van der Waals surface area contributed by atoms with Gasteiger partial charge in [-0.1, -0.05) is 36.4 Å². The fourth-order valence-corrected chi connectivity index (χ4v) is 9.01. The highest BCUT2D eigenvalue weighted by Gasteiger charge is 2.46. The number of nitrogens with one attached hydrogen (secondary N) is 2. The molecule has 4 N–H and O–H groups in total. The first kappa shape index (κ1) is 42.0. The van der Waals surface area contributed by atoms with Gasteiger partial charge in [0.25, 0.3) is 17.7 Å². The van der Waals surface area contributed by atoms with Gasteiger partial charge in [-0.2, -0.15) is 5.10 Å². The van der Waals surface area contributed by atoms with Crippen molar-refractivity contribution in [3.63, 3.8) is 0 Å². The number of imide groups is 2. The third-order valence-corrected chi connectivity index (χ3v) is 12.4. The molecule has 6 heterocycles. The summed E-state index contributed by atoms with van der Waals surface area (Å²) in [6.07, 6.45) is 7.38. The molecular weight excluding hydrogens is 824 g/mol. The lowest BCUT2D eigenvalue weighted by Gasteiger charge is -2.38. The highest BCUT2D eigenvalue weighted by atomic mass is 19.1. The van der Waals surface area contributed by atoms with E-state index < -0.39 is 53.5 Å². The number of nitrogens with zero attached hydrogens (tertiary/aromatic N) is 7. The van der Waals surface area contributed by atoms with Crippen molar-refractivity contribution in [1.82, 2.24) is 34.9 Å². The van der Waals surface area contributed by atoms with Crippen molar-refractivity contribution in [3.05, 3.63) is 120 Å². The first-order chi connectivity index (χ1) is 31.0. The Labute approximate surface area is 366 Å². The number of carbonyl (C=O) groups excluding carboxylic acids is 6. The predicted molar refractivity (Wildman–Crippen MR) is 230 cm³/mol. The van der Waals surface area contributed by atoms with Gasteiger partial charge < -0.3 is 25.6 Å². The minimum atomic E-state index is -1.37. The van der Waals surface area contributed by atoms with Crippen LogP contribution in [0, 0.1) is 11.7 Å². The Hall–Kier alpha value is -7.34. The number of rotatable bonds is 11. The largest absolute Gasteiger partial charge is 0.442 e. The van der Waals surface area contributed by atoms with Crippen LogP contribution in [-0.4, -0.2) is 104 Å². The molecule has 0 spiro atoms. The maximum atomic E-state index is 13.7. The summed E-state index contributed by atoms with van der Waals surface area (Å²) in [7, 11) is 0. The molecular formula is C46H45FN10O7. The maximum absolute atomic E-state index is 13.7. The smallest absolute Gasteiger partial charge is 0.361 e. The molecule has 0 radical (unpaired) electrons. The summed E-state index contributed by atoms with van der Waals surface area (Å²) in [5, 5.41) is 9.55. The second-order valence-electron chi connectivity index (χ2n) is 16.5. The number of esters is 1. The van der Waals surface area contributed by atoms with Gasteiger partial charge in [-0.3, -0.25) is 38.9 Å². The van der Waals surface area contributed by atoms with Crippen LogP contribution in [0.5, 0.6) is 0 Å². The normalized spacial score (nSPS) is 19.0. The van der Waals surface area contributed by atoms with Crippen LogP contribution in [0.4, 0.5) is 21.6 Å². The van der Waals surface area contributed by atoms with E-state index in [0.29, 0.717) is 39.7 Å². The van der Waals surface area contributed by atoms with Crippen LogP contribution in [0.3, 0.4) is 0 Å². The summed E-state index contributed by atoms with van der Waals surface area (Å²) in [5.41, 5.74) is 8.87.